The standard InChI is InChI=1S/C15H18N4OS/c1-3-19-14(20)10-21-15(19)13-9-18(17-16-13)8-12-7-5-4-6-11(12)2/h4-7,9,15H,3,8,10H2,1-2H3/t15-/m0/s1. The predicted molar refractivity (Wildman–Crippen MR) is 82.9 cm³/mol. The Kier molecular flexibility index (Phi) is 3.96. The van der Waals surface area contributed by atoms with E-state index in [9.17, 15) is 4.79 Å². The molecule has 1 atom stereocenters. The molecule has 1 aromatic heterocycles. The molecule has 0 aliphatic carbocycles. The fourth-order valence-corrected chi connectivity index (χ4v) is 3.70. The third-order valence-corrected chi connectivity index (χ3v) is 4.94. The lowest BCUT2D eigenvalue weighted by atomic mass is 10.1. The first kappa shape index (κ1) is 14.1. The molecule has 1 fully saturated rings. The Hall–Kier alpha value is -1.82. The van der Waals surface area contributed by atoms with Crippen LogP contribution < -0.4 is 0 Å². The summed E-state index contributed by atoms with van der Waals surface area (Å²) in [6.45, 7) is 5.50. The Balaban J connectivity index is 1.78. The summed E-state index contributed by atoms with van der Waals surface area (Å²) in [6.07, 6.45) is 1.95. The van der Waals surface area contributed by atoms with E-state index in [-0.39, 0.29) is 11.3 Å². The second-order valence-electron chi connectivity index (χ2n) is 5.11. The number of hydrogen-bond acceptors (Lipinski definition) is 4. The molecule has 0 saturated carbocycles. The third-order valence-electron chi connectivity index (χ3n) is 3.71. The van der Waals surface area contributed by atoms with Gasteiger partial charge in [-0.1, -0.05) is 29.5 Å². The average Bonchev–Trinajstić information content (AvgIpc) is 3.07. The van der Waals surface area contributed by atoms with Gasteiger partial charge in [0.15, 0.2) is 0 Å². The maximum absolute atomic E-state index is 11.8. The Labute approximate surface area is 128 Å². The van der Waals surface area contributed by atoms with Crippen molar-refractivity contribution in [2.75, 3.05) is 12.3 Å². The summed E-state index contributed by atoms with van der Waals surface area (Å²) < 4.78 is 1.84. The first-order valence-electron chi connectivity index (χ1n) is 7.04. The molecule has 0 N–H and O–H groups in total. The smallest absolute Gasteiger partial charge is 0.233 e. The van der Waals surface area contributed by atoms with Gasteiger partial charge >= 0.3 is 0 Å². The second kappa shape index (κ2) is 5.89. The minimum Gasteiger partial charge on any atom is -0.324 e. The van der Waals surface area contributed by atoms with Crippen molar-refractivity contribution in [3.63, 3.8) is 0 Å². The van der Waals surface area contributed by atoms with Crippen molar-refractivity contribution in [3.8, 4) is 0 Å². The van der Waals surface area contributed by atoms with Gasteiger partial charge in [0.1, 0.15) is 11.1 Å². The van der Waals surface area contributed by atoms with Gasteiger partial charge in [0.2, 0.25) is 5.91 Å². The number of rotatable bonds is 4. The van der Waals surface area contributed by atoms with E-state index in [1.54, 1.807) is 11.8 Å². The van der Waals surface area contributed by atoms with Crippen LogP contribution in [0.5, 0.6) is 0 Å². The molecule has 0 bridgehead atoms. The average molecular weight is 302 g/mol. The minimum atomic E-state index is 0.00752. The summed E-state index contributed by atoms with van der Waals surface area (Å²) >= 11 is 1.62. The van der Waals surface area contributed by atoms with E-state index in [4.69, 9.17) is 0 Å². The minimum absolute atomic E-state index is 0.00752. The molecule has 0 radical (unpaired) electrons. The number of nitrogens with zero attached hydrogens (tertiary/aromatic N) is 4. The van der Waals surface area contributed by atoms with Gasteiger partial charge in [-0.3, -0.25) is 4.79 Å². The van der Waals surface area contributed by atoms with Gasteiger partial charge < -0.3 is 4.90 Å². The van der Waals surface area contributed by atoms with Crippen LogP contribution in [0.3, 0.4) is 0 Å². The number of hydrogen-bond donors (Lipinski definition) is 0. The van der Waals surface area contributed by atoms with E-state index in [1.807, 2.05) is 34.8 Å². The molecule has 6 heteroatoms. The molecule has 5 nitrogen and oxygen atoms in total. The molecule has 1 aliphatic rings. The molecule has 2 aromatic rings. The van der Waals surface area contributed by atoms with E-state index in [0.717, 1.165) is 5.69 Å². The summed E-state index contributed by atoms with van der Waals surface area (Å²) in [4.78, 5) is 13.6. The molecule has 1 aromatic carbocycles. The van der Waals surface area contributed by atoms with Gasteiger partial charge in [0.05, 0.1) is 18.5 Å². The van der Waals surface area contributed by atoms with E-state index in [2.05, 4.69) is 29.4 Å². The highest BCUT2D eigenvalue weighted by molar-refractivity contribution is 8.00. The van der Waals surface area contributed by atoms with Crippen LogP contribution in [0.25, 0.3) is 0 Å². The monoisotopic (exact) mass is 302 g/mol. The summed E-state index contributed by atoms with van der Waals surface area (Å²) in [6, 6.07) is 8.26. The zero-order valence-corrected chi connectivity index (χ0v) is 13.0. The maximum atomic E-state index is 11.8. The van der Waals surface area contributed by atoms with Gasteiger partial charge in [0.25, 0.3) is 0 Å². The van der Waals surface area contributed by atoms with Gasteiger partial charge in [0, 0.05) is 6.54 Å². The molecule has 0 spiro atoms. The van der Waals surface area contributed by atoms with E-state index >= 15 is 0 Å². The van der Waals surface area contributed by atoms with Crippen LogP contribution in [0, 0.1) is 6.92 Å². The molecule has 1 aliphatic heterocycles. The van der Waals surface area contributed by atoms with Gasteiger partial charge in [-0.2, -0.15) is 0 Å². The Bertz CT molecular complexity index is 655. The SMILES string of the molecule is CCN1C(=O)CS[C@H]1c1cn(Cc2ccccc2C)nn1. The lowest BCUT2D eigenvalue weighted by Crippen LogP contribution is -2.27. The topological polar surface area (TPSA) is 51.0 Å². The van der Waals surface area contributed by atoms with Crippen molar-refractivity contribution >= 4 is 17.7 Å². The summed E-state index contributed by atoms with van der Waals surface area (Å²) in [7, 11) is 0. The zero-order chi connectivity index (χ0) is 14.8. The quantitative estimate of drug-likeness (QED) is 0.869. The second-order valence-corrected chi connectivity index (χ2v) is 6.18. The van der Waals surface area contributed by atoms with Crippen molar-refractivity contribution in [1.29, 1.82) is 0 Å². The largest absolute Gasteiger partial charge is 0.324 e. The number of carbonyl (C=O) groups is 1. The molecule has 3 rings (SSSR count). The molecule has 2 heterocycles. The molecule has 21 heavy (non-hydrogen) atoms. The van der Waals surface area contributed by atoms with Crippen LogP contribution >= 0.6 is 11.8 Å². The molecule has 110 valence electrons. The van der Waals surface area contributed by atoms with Crippen LogP contribution in [0.15, 0.2) is 30.5 Å². The van der Waals surface area contributed by atoms with Gasteiger partial charge in [-0.15, -0.1) is 16.9 Å². The van der Waals surface area contributed by atoms with Gasteiger partial charge in [-0.25, -0.2) is 4.68 Å². The van der Waals surface area contributed by atoms with Crippen molar-refractivity contribution in [2.45, 2.75) is 25.8 Å². The van der Waals surface area contributed by atoms with Crippen molar-refractivity contribution < 1.29 is 4.79 Å². The number of aromatic nitrogens is 3. The summed E-state index contributed by atoms with van der Waals surface area (Å²) in [5.41, 5.74) is 3.34. The highest BCUT2D eigenvalue weighted by Gasteiger charge is 2.33. The lowest BCUT2D eigenvalue weighted by molar-refractivity contribution is -0.127. The van der Waals surface area contributed by atoms with Crippen molar-refractivity contribution in [2.24, 2.45) is 0 Å². The highest BCUT2D eigenvalue weighted by Crippen LogP contribution is 2.37. The lowest BCUT2D eigenvalue weighted by Gasteiger charge is -2.19. The van der Waals surface area contributed by atoms with E-state index < -0.39 is 0 Å². The first-order valence-corrected chi connectivity index (χ1v) is 8.09. The maximum Gasteiger partial charge on any atom is 0.233 e. The number of carbonyl (C=O) groups excluding carboxylic acids is 1. The molecule has 1 amide bonds. The highest BCUT2D eigenvalue weighted by atomic mass is 32.2. The van der Waals surface area contributed by atoms with Crippen molar-refractivity contribution in [3.05, 3.63) is 47.3 Å². The van der Waals surface area contributed by atoms with Gasteiger partial charge in [-0.05, 0) is 25.0 Å². The fourth-order valence-electron chi connectivity index (χ4n) is 2.51. The first-order chi connectivity index (χ1) is 10.2. The summed E-state index contributed by atoms with van der Waals surface area (Å²) in [5, 5.41) is 8.47. The third kappa shape index (κ3) is 2.81. The predicted octanol–water partition coefficient (Wildman–Crippen LogP) is 2.23. The molecule has 1 saturated heterocycles. The van der Waals surface area contributed by atoms with Crippen molar-refractivity contribution in [1.82, 2.24) is 19.9 Å². The Morgan fingerprint density at radius 2 is 2.19 bits per heavy atom. The van der Waals surface area contributed by atoms with Crippen LogP contribution in [0.2, 0.25) is 0 Å². The molecular formula is C15H18N4OS. The molecule has 0 unspecified atom stereocenters. The number of amides is 1. The number of thioether (sulfide) groups is 1. The molecular weight excluding hydrogens is 284 g/mol. The summed E-state index contributed by atoms with van der Waals surface area (Å²) in [5.74, 6) is 0.712. The fraction of sp³-hybridized carbons (Fsp3) is 0.400. The normalized spacial score (nSPS) is 18.5. The Morgan fingerprint density at radius 3 is 2.95 bits per heavy atom. The van der Waals surface area contributed by atoms with Crippen LogP contribution in [0.1, 0.15) is 29.1 Å². The van der Waals surface area contributed by atoms with Crippen LogP contribution in [-0.2, 0) is 11.3 Å². The Morgan fingerprint density at radius 1 is 1.38 bits per heavy atom. The number of benzene rings is 1. The number of aryl methyl sites for hydroxylation is 1. The van der Waals surface area contributed by atoms with Crippen LogP contribution in [0.4, 0.5) is 0 Å². The van der Waals surface area contributed by atoms with E-state index in [0.29, 0.717) is 18.8 Å². The van der Waals surface area contributed by atoms with E-state index in [1.165, 1.54) is 11.1 Å². The zero-order valence-electron chi connectivity index (χ0n) is 12.2. The van der Waals surface area contributed by atoms with Crippen LogP contribution in [-0.4, -0.2) is 38.1 Å².